The van der Waals surface area contributed by atoms with Crippen molar-refractivity contribution in [3.8, 4) is 0 Å². The second-order valence-corrected chi connectivity index (χ2v) is 7.72. The van der Waals surface area contributed by atoms with Crippen molar-refractivity contribution in [2.75, 3.05) is 13.7 Å². The van der Waals surface area contributed by atoms with Gasteiger partial charge in [0.1, 0.15) is 17.9 Å². The molecule has 0 aromatic heterocycles. The highest BCUT2D eigenvalue weighted by Crippen LogP contribution is 2.12. The molecular formula is C20H37N3O5. The second kappa shape index (κ2) is 14.1. The molecule has 0 aliphatic heterocycles. The van der Waals surface area contributed by atoms with Gasteiger partial charge in [-0.1, -0.05) is 46.5 Å². The summed E-state index contributed by atoms with van der Waals surface area (Å²) in [4.78, 5) is 47.6. The number of methoxy groups -OCH3 is 1. The van der Waals surface area contributed by atoms with E-state index in [1.54, 1.807) is 0 Å². The van der Waals surface area contributed by atoms with Crippen molar-refractivity contribution in [2.24, 2.45) is 11.7 Å². The van der Waals surface area contributed by atoms with Gasteiger partial charge in [-0.15, -0.1) is 0 Å². The van der Waals surface area contributed by atoms with Crippen LogP contribution in [-0.2, 0) is 23.9 Å². The van der Waals surface area contributed by atoms with Gasteiger partial charge in [0.15, 0.2) is 0 Å². The lowest BCUT2D eigenvalue weighted by molar-refractivity contribution is -0.143. The number of ether oxygens (including phenoxy) is 1. The van der Waals surface area contributed by atoms with Gasteiger partial charge in [0.25, 0.3) is 0 Å². The fourth-order valence-electron chi connectivity index (χ4n) is 2.99. The van der Waals surface area contributed by atoms with Crippen molar-refractivity contribution in [1.82, 2.24) is 10.6 Å². The van der Waals surface area contributed by atoms with Gasteiger partial charge in [-0.05, 0) is 18.8 Å². The normalized spacial score (nSPS) is 14.2. The molecule has 0 rings (SSSR count). The van der Waals surface area contributed by atoms with Crippen LogP contribution in [0.1, 0.15) is 72.1 Å². The van der Waals surface area contributed by atoms with E-state index in [-0.39, 0.29) is 31.2 Å². The third-order valence-electron chi connectivity index (χ3n) is 4.47. The molecule has 0 saturated carbocycles. The summed E-state index contributed by atoms with van der Waals surface area (Å²) in [6.07, 6.45) is 5.86. The van der Waals surface area contributed by atoms with E-state index < -0.39 is 23.5 Å². The van der Waals surface area contributed by atoms with E-state index in [4.69, 9.17) is 10.5 Å². The number of amides is 2. The molecule has 8 heteroatoms. The van der Waals surface area contributed by atoms with Gasteiger partial charge in [-0.3, -0.25) is 14.4 Å². The summed E-state index contributed by atoms with van der Waals surface area (Å²) < 4.78 is 4.79. The fraction of sp³-hybridized carbons (Fsp3) is 0.800. The number of hydrogen-bond acceptors (Lipinski definition) is 6. The molecule has 0 heterocycles. The van der Waals surface area contributed by atoms with Gasteiger partial charge in [0.2, 0.25) is 11.8 Å². The van der Waals surface area contributed by atoms with Crippen LogP contribution in [0.3, 0.4) is 0 Å². The maximum Gasteiger partial charge on any atom is 0.322 e. The van der Waals surface area contributed by atoms with Crippen molar-refractivity contribution in [3.63, 3.8) is 0 Å². The average Bonchev–Trinajstić information content (AvgIpc) is 2.63. The molecule has 2 atom stereocenters. The van der Waals surface area contributed by atoms with Gasteiger partial charge in [0.05, 0.1) is 13.5 Å². The Morgan fingerprint density at radius 3 is 2.29 bits per heavy atom. The minimum absolute atomic E-state index is 0.0898. The van der Waals surface area contributed by atoms with Crippen molar-refractivity contribution < 1.29 is 23.9 Å². The zero-order valence-corrected chi connectivity index (χ0v) is 17.7. The number of carbonyl (C=O) groups is 4. The Hall–Kier alpha value is -1.96. The van der Waals surface area contributed by atoms with Crippen molar-refractivity contribution >= 4 is 24.1 Å². The lowest BCUT2D eigenvalue weighted by atomic mass is 9.94. The van der Waals surface area contributed by atoms with Crippen LogP contribution in [0.2, 0.25) is 0 Å². The standard InChI is InChI=1S/C20H37N3O5/c1-5-6-7-8-9-10-18(26)23-20(14-24,12-17(21)25)13-22-16(11-15(2)3)19(27)28-4/h14-16,22H,5-13H2,1-4H3,(H2,21,25)(H,23,26)/t16-,20-/m0/s1. The zero-order chi connectivity index (χ0) is 21.6. The molecule has 4 N–H and O–H groups in total. The van der Waals surface area contributed by atoms with E-state index in [0.717, 1.165) is 25.7 Å². The summed E-state index contributed by atoms with van der Waals surface area (Å²) in [7, 11) is 1.29. The predicted octanol–water partition coefficient (Wildman–Crippen LogP) is 1.45. The molecule has 8 nitrogen and oxygen atoms in total. The molecule has 0 aliphatic carbocycles. The lowest BCUT2D eigenvalue weighted by Gasteiger charge is -2.30. The highest BCUT2D eigenvalue weighted by atomic mass is 16.5. The SMILES string of the molecule is CCCCCCCC(=O)N[C@](C=O)(CN[C@@H](CC(C)C)C(=O)OC)CC(N)=O. The van der Waals surface area contributed by atoms with Crippen LogP contribution >= 0.6 is 0 Å². The van der Waals surface area contributed by atoms with E-state index in [0.29, 0.717) is 19.1 Å². The number of nitrogens with two attached hydrogens (primary N) is 1. The Morgan fingerprint density at radius 1 is 1.14 bits per heavy atom. The first kappa shape index (κ1) is 26.0. The number of esters is 1. The van der Waals surface area contributed by atoms with Crippen molar-refractivity contribution in [2.45, 2.75) is 83.7 Å². The Labute approximate surface area is 168 Å². The van der Waals surface area contributed by atoms with E-state index in [2.05, 4.69) is 17.6 Å². The van der Waals surface area contributed by atoms with E-state index >= 15 is 0 Å². The number of hydrogen-bond donors (Lipinski definition) is 3. The maximum atomic E-state index is 12.3. The van der Waals surface area contributed by atoms with Crippen LogP contribution in [0.15, 0.2) is 0 Å². The topological polar surface area (TPSA) is 128 Å². The molecular weight excluding hydrogens is 362 g/mol. The summed E-state index contributed by atoms with van der Waals surface area (Å²) in [5, 5.41) is 5.61. The molecule has 0 aromatic rings. The first-order valence-electron chi connectivity index (χ1n) is 10.1. The number of primary amides is 1. The molecule has 0 spiro atoms. The van der Waals surface area contributed by atoms with Crippen LogP contribution < -0.4 is 16.4 Å². The number of rotatable bonds is 16. The minimum atomic E-state index is -1.49. The monoisotopic (exact) mass is 399 g/mol. The maximum absolute atomic E-state index is 12.3. The highest BCUT2D eigenvalue weighted by molar-refractivity contribution is 5.87. The smallest absolute Gasteiger partial charge is 0.322 e. The zero-order valence-electron chi connectivity index (χ0n) is 17.7. The van der Waals surface area contributed by atoms with Crippen LogP contribution in [0.4, 0.5) is 0 Å². The molecule has 0 unspecified atom stereocenters. The van der Waals surface area contributed by atoms with Crippen LogP contribution in [0.25, 0.3) is 0 Å². The van der Waals surface area contributed by atoms with Crippen molar-refractivity contribution in [3.05, 3.63) is 0 Å². The molecule has 0 saturated heterocycles. The summed E-state index contributed by atoms with van der Waals surface area (Å²) >= 11 is 0. The largest absolute Gasteiger partial charge is 0.468 e. The van der Waals surface area contributed by atoms with Crippen LogP contribution in [0.5, 0.6) is 0 Å². The molecule has 2 amide bonds. The van der Waals surface area contributed by atoms with Gasteiger partial charge in [-0.2, -0.15) is 0 Å². The number of unbranched alkanes of at least 4 members (excludes halogenated alkanes) is 4. The fourth-order valence-corrected chi connectivity index (χ4v) is 2.99. The molecule has 0 radical (unpaired) electrons. The summed E-state index contributed by atoms with van der Waals surface area (Å²) in [6, 6.07) is -0.650. The first-order chi connectivity index (χ1) is 13.2. The third kappa shape index (κ3) is 11.0. The van der Waals surface area contributed by atoms with Crippen LogP contribution in [-0.4, -0.2) is 49.3 Å². The van der Waals surface area contributed by atoms with Gasteiger partial charge in [0, 0.05) is 13.0 Å². The molecule has 0 bridgehead atoms. The van der Waals surface area contributed by atoms with Crippen molar-refractivity contribution in [1.29, 1.82) is 0 Å². The molecule has 28 heavy (non-hydrogen) atoms. The first-order valence-corrected chi connectivity index (χ1v) is 10.1. The second-order valence-electron chi connectivity index (χ2n) is 7.72. The Bertz CT molecular complexity index is 510. The molecule has 0 aliphatic rings. The minimum Gasteiger partial charge on any atom is -0.468 e. The van der Waals surface area contributed by atoms with Gasteiger partial charge < -0.3 is 25.9 Å². The Morgan fingerprint density at radius 2 is 1.79 bits per heavy atom. The predicted molar refractivity (Wildman–Crippen MR) is 107 cm³/mol. The lowest BCUT2D eigenvalue weighted by Crippen LogP contribution is -2.60. The number of aldehydes is 1. The Balaban J connectivity index is 5.01. The average molecular weight is 400 g/mol. The Kier molecular flexibility index (Phi) is 13.1. The molecule has 162 valence electrons. The summed E-state index contributed by atoms with van der Waals surface area (Å²) in [5.74, 6) is -1.29. The molecule has 0 fully saturated rings. The third-order valence-corrected chi connectivity index (χ3v) is 4.47. The quantitative estimate of drug-likeness (QED) is 0.205. The van der Waals surface area contributed by atoms with Crippen LogP contribution in [0, 0.1) is 5.92 Å². The molecule has 0 aromatic carbocycles. The highest BCUT2D eigenvalue weighted by Gasteiger charge is 2.35. The number of nitrogens with one attached hydrogen (secondary N) is 2. The van der Waals surface area contributed by atoms with E-state index in [9.17, 15) is 19.2 Å². The van der Waals surface area contributed by atoms with Gasteiger partial charge >= 0.3 is 5.97 Å². The summed E-state index contributed by atoms with van der Waals surface area (Å²) in [5.41, 5.74) is 3.80. The number of carbonyl (C=O) groups excluding carboxylic acids is 4. The van der Waals surface area contributed by atoms with E-state index in [1.807, 2.05) is 13.8 Å². The summed E-state index contributed by atoms with van der Waals surface area (Å²) in [6.45, 7) is 5.93. The van der Waals surface area contributed by atoms with Gasteiger partial charge in [-0.25, -0.2) is 0 Å². The van der Waals surface area contributed by atoms with E-state index in [1.165, 1.54) is 7.11 Å².